The van der Waals surface area contributed by atoms with Gasteiger partial charge in [-0.05, 0) is 12.1 Å². The zero-order valence-electron chi connectivity index (χ0n) is 8.51. The van der Waals surface area contributed by atoms with Gasteiger partial charge in [-0.3, -0.25) is 0 Å². The minimum atomic E-state index is -1.08. The molecule has 2 aromatic rings. The van der Waals surface area contributed by atoms with E-state index in [9.17, 15) is 4.79 Å². The van der Waals surface area contributed by atoms with Crippen molar-refractivity contribution in [2.24, 2.45) is 0 Å². The average Bonchev–Trinajstić information content (AvgIpc) is 2.77. The summed E-state index contributed by atoms with van der Waals surface area (Å²) in [7, 11) is 1.51. The Morgan fingerprint density at radius 2 is 2.19 bits per heavy atom. The van der Waals surface area contributed by atoms with E-state index in [1.807, 2.05) is 0 Å². The van der Waals surface area contributed by atoms with E-state index in [0.29, 0.717) is 11.3 Å². The number of benzene rings is 1. The molecule has 0 unspecified atom stereocenters. The Morgan fingerprint density at radius 1 is 1.44 bits per heavy atom. The number of ether oxygens (including phenoxy) is 1. The maximum atomic E-state index is 10.9. The Balaban J connectivity index is 2.58. The molecule has 82 valence electrons. The first kappa shape index (κ1) is 10.2. The van der Waals surface area contributed by atoms with E-state index in [1.54, 1.807) is 24.3 Å². The molecule has 1 heterocycles. The third-order valence-corrected chi connectivity index (χ3v) is 2.15. The molecule has 0 amide bonds. The van der Waals surface area contributed by atoms with Crippen molar-refractivity contribution in [2.75, 3.05) is 7.11 Å². The van der Waals surface area contributed by atoms with E-state index >= 15 is 0 Å². The molecule has 5 nitrogen and oxygen atoms in total. The van der Waals surface area contributed by atoms with Gasteiger partial charge in [0.15, 0.2) is 5.76 Å². The largest absolute Gasteiger partial charge is 0.496 e. The van der Waals surface area contributed by atoms with Gasteiger partial charge in [-0.15, -0.1) is 0 Å². The minimum absolute atomic E-state index is 0.0181. The molecule has 0 radical (unpaired) electrons. The molecule has 0 aliphatic rings. The number of rotatable bonds is 3. The molecule has 1 aromatic heterocycles. The van der Waals surface area contributed by atoms with Crippen LogP contribution in [0.4, 0.5) is 0 Å². The van der Waals surface area contributed by atoms with Gasteiger partial charge in [0.2, 0.25) is 0 Å². The van der Waals surface area contributed by atoms with Gasteiger partial charge in [0.1, 0.15) is 11.3 Å². The number of aromatic nitrogens is 1. The number of aromatic carboxylic acids is 1. The Kier molecular flexibility index (Phi) is 2.59. The molecule has 0 aliphatic heterocycles. The van der Waals surface area contributed by atoms with Crippen LogP contribution in [0.1, 0.15) is 10.4 Å². The standard InChI is InChI=1S/C11H9NO4/c1-15-9-5-3-2-4-7(9)10-8(11(13)14)6-12-16-10/h2-6H,1H3,(H,13,14). The number of hydrogen-bond acceptors (Lipinski definition) is 4. The highest BCUT2D eigenvalue weighted by Gasteiger charge is 2.19. The van der Waals surface area contributed by atoms with Crippen LogP contribution in [-0.4, -0.2) is 23.3 Å². The second-order valence-corrected chi connectivity index (χ2v) is 3.07. The van der Waals surface area contributed by atoms with Crippen molar-refractivity contribution in [3.63, 3.8) is 0 Å². The lowest BCUT2D eigenvalue weighted by atomic mass is 10.1. The highest BCUT2D eigenvalue weighted by atomic mass is 16.5. The average molecular weight is 219 g/mol. The van der Waals surface area contributed by atoms with Gasteiger partial charge in [0.05, 0.1) is 18.9 Å². The van der Waals surface area contributed by atoms with Crippen molar-refractivity contribution < 1.29 is 19.2 Å². The highest BCUT2D eigenvalue weighted by Crippen LogP contribution is 2.31. The van der Waals surface area contributed by atoms with E-state index < -0.39 is 5.97 Å². The molecule has 0 saturated carbocycles. The van der Waals surface area contributed by atoms with Gasteiger partial charge in [0, 0.05) is 0 Å². The van der Waals surface area contributed by atoms with E-state index in [1.165, 1.54) is 13.3 Å². The molecule has 0 spiro atoms. The summed E-state index contributed by atoms with van der Waals surface area (Å²) in [5.74, 6) is -0.339. The maximum absolute atomic E-state index is 10.9. The first-order chi connectivity index (χ1) is 7.74. The van der Waals surface area contributed by atoms with Crippen molar-refractivity contribution in [2.45, 2.75) is 0 Å². The topological polar surface area (TPSA) is 72.6 Å². The fourth-order valence-corrected chi connectivity index (χ4v) is 1.42. The Morgan fingerprint density at radius 3 is 2.88 bits per heavy atom. The molecule has 0 atom stereocenters. The zero-order chi connectivity index (χ0) is 11.5. The Bertz CT molecular complexity index is 518. The molecule has 0 bridgehead atoms. The van der Waals surface area contributed by atoms with Crippen LogP contribution in [0.2, 0.25) is 0 Å². The summed E-state index contributed by atoms with van der Waals surface area (Å²) in [6.07, 6.45) is 1.17. The summed E-state index contributed by atoms with van der Waals surface area (Å²) in [5, 5.41) is 12.4. The number of carbonyl (C=O) groups is 1. The van der Waals surface area contributed by atoms with Crippen LogP contribution in [-0.2, 0) is 0 Å². The number of hydrogen-bond donors (Lipinski definition) is 1. The lowest BCUT2D eigenvalue weighted by Gasteiger charge is -2.05. The van der Waals surface area contributed by atoms with Crippen molar-refractivity contribution in [1.82, 2.24) is 5.16 Å². The number of carboxylic acids is 1. The molecule has 1 N–H and O–H groups in total. The maximum Gasteiger partial charge on any atom is 0.341 e. The zero-order valence-corrected chi connectivity index (χ0v) is 8.51. The van der Waals surface area contributed by atoms with Crippen molar-refractivity contribution in [3.8, 4) is 17.1 Å². The molecule has 1 aromatic carbocycles. The van der Waals surface area contributed by atoms with Gasteiger partial charge in [0.25, 0.3) is 0 Å². The Hall–Kier alpha value is -2.30. The number of nitrogens with zero attached hydrogens (tertiary/aromatic N) is 1. The van der Waals surface area contributed by atoms with Gasteiger partial charge in [-0.25, -0.2) is 4.79 Å². The van der Waals surface area contributed by atoms with Gasteiger partial charge < -0.3 is 14.4 Å². The van der Waals surface area contributed by atoms with Crippen LogP contribution in [0.15, 0.2) is 35.0 Å². The predicted octanol–water partition coefficient (Wildman–Crippen LogP) is 2.05. The molecular weight excluding hydrogens is 210 g/mol. The van der Waals surface area contributed by atoms with Crippen LogP contribution < -0.4 is 4.74 Å². The van der Waals surface area contributed by atoms with Gasteiger partial charge >= 0.3 is 5.97 Å². The lowest BCUT2D eigenvalue weighted by molar-refractivity contribution is 0.0697. The second-order valence-electron chi connectivity index (χ2n) is 3.07. The van der Waals surface area contributed by atoms with Crippen LogP contribution in [0.3, 0.4) is 0 Å². The number of carboxylic acid groups (broad SMARTS) is 1. The third kappa shape index (κ3) is 1.63. The van der Waals surface area contributed by atoms with E-state index in [2.05, 4.69) is 5.16 Å². The summed E-state index contributed by atoms with van der Waals surface area (Å²) in [5.41, 5.74) is 0.587. The molecule has 0 saturated heterocycles. The monoisotopic (exact) mass is 219 g/mol. The number of para-hydroxylation sites is 1. The summed E-state index contributed by atoms with van der Waals surface area (Å²) >= 11 is 0. The SMILES string of the molecule is COc1ccccc1-c1oncc1C(=O)O. The highest BCUT2D eigenvalue weighted by molar-refractivity contribution is 5.94. The first-order valence-electron chi connectivity index (χ1n) is 4.55. The molecule has 5 heteroatoms. The van der Waals surface area contributed by atoms with Crippen molar-refractivity contribution in [3.05, 3.63) is 36.0 Å². The Labute approximate surface area is 91.3 Å². The predicted molar refractivity (Wildman–Crippen MR) is 55.5 cm³/mol. The fraction of sp³-hybridized carbons (Fsp3) is 0.0909. The number of methoxy groups -OCH3 is 1. The van der Waals surface area contributed by atoms with Crippen LogP contribution in [0.25, 0.3) is 11.3 Å². The minimum Gasteiger partial charge on any atom is -0.496 e. The molecule has 0 fully saturated rings. The third-order valence-electron chi connectivity index (χ3n) is 2.15. The summed E-state index contributed by atoms with van der Waals surface area (Å²) in [6, 6.07) is 7.00. The smallest absolute Gasteiger partial charge is 0.341 e. The summed E-state index contributed by atoms with van der Waals surface area (Å²) < 4.78 is 10.1. The summed E-state index contributed by atoms with van der Waals surface area (Å²) in [4.78, 5) is 10.9. The van der Waals surface area contributed by atoms with Gasteiger partial charge in [-0.1, -0.05) is 17.3 Å². The van der Waals surface area contributed by atoms with Crippen molar-refractivity contribution >= 4 is 5.97 Å². The van der Waals surface area contributed by atoms with Gasteiger partial charge in [-0.2, -0.15) is 0 Å². The van der Waals surface area contributed by atoms with Crippen LogP contribution >= 0.6 is 0 Å². The van der Waals surface area contributed by atoms with E-state index in [-0.39, 0.29) is 11.3 Å². The van der Waals surface area contributed by atoms with E-state index in [0.717, 1.165) is 0 Å². The molecule has 16 heavy (non-hydrogen) atoms. The quantitative estimate of drug-likeness (QED) is 0.855. The normalized spacial score (nSPS) is 10.1. The first-order valence-corrected chi connectivity index (χ1v) is 4.55. The molecular formula is C11H9NO4. The second kappa shape index (κ2) is 4.06. The fourth-order valence-electron chi connectivity index (χ4n) is 1.42. The van der Waals surface area contributed by atoms with Crippen molar-refractivity contribution in [1.29, 1.82) is 0 Å². The summed E-state index contributed by atoms with van der Waals surface area (Å²) in [6.45, 7) is 0. The van der Waals surface area contributed by atoms with Crippen LogP contribution in [0, 0.1) is 0 Å². The van der Waals surface area contributed by atoms with Crippen LogP contribution in [0.5, 0.6) is 5.75 Å². The molecule has 2 rings (SSSR count). The molecule has 0 aliphatic carbocycles. The lowest BCUT2D eigenvalue weighted by Crippen LogP contribution is -1.97. The van der Waals surface area contributed by atoms with E-state index in [4.69, 9.17) is 14.4 Å².